The van der Waals surface area contributed by atoms with E-state index in [1.165, 1.54) is 6.42 Å². The minimum Gasteiger partial charge on any atom is -0.385 e. The number of anilines is 1. The predicted molar refractivity (Wildman–Crippen MR) is 64.8 cm³/mol. The second kappa shape index (κ2) is 5.76. The third-order valence-electron chi connectivity index (χ3n) is 2.30. The molecule has 1 rings (SSSR count). The first kappa shape index (κ1) is 12.1. The summed E-state index contributed by atoms with van der Waals surface area (Å²) in [6.07, 6.45) is 2.32. The molecule has 0 unspecified atom stereocenters. The molecule has 0 spiro atoms. The topological polar surface area (TPSA) is 29.1 Å². The Balaban J connectivity index is 2.70. The van der Waals surface area contributed by atoms with E-state index < -0.39 is 5.24 Å². The number of unbranched alkanes of at least 4 members (excludes halogenated alkanes) is 1. The number of hydrogen-bond donors (Lipinski definition) is 1. The zero-order valence-corrected chi connectivity index (χ0v) is 9.90. The molecule has 0 heterocycles. The van der Waals surface area contributed by atoms with Gasteiger partial charge in [0.15, 0.2) is 0 Å². The van der Waals surface area contributed by atoms with E-state index in [9.17, 15) is 4.79 Å². The normalized spacial score (nSPS) is 10.1. The zero-order valence-electron chi connectivity index (χ0n) is 9.14. The summed E-state index contributed by atoms with van der Waals surface area (Å²) in [5.41, 5.74) is 2.68. The monoisotopic (exact) mass is 225 g/mol. The Morgan fingerprint density at radius 1 is 1.47 bits per heavy atom. The molecule has 0 aliphatic heterocycles. The number of rotatable bonds is 5. The number of nitrogens with one attached hydrogen (secondary N) is 1. The summed E-state index contributed by atoms with van der Waals surface area (Å²) in [5, 5.41) is 2.92. The van der Waals surface area contributed by atoms with Crippen molar-refractivity contribution in [1.82, 2.24) is 0 Å². The van der Waals surface area contributed by atoms with Crippen molar-refractivity contribution in [1.29, 1.82) is 0 Å². The summed E-state index contributed by atoms with van der Waals surface area (Å²) in [4.78, 5) is 10.9. The number of benzene rings is 1. The average Bonchev–Trinajstić information content (AvgIpc) is 2.20. The summed E-state index contributed by atoms with van der Waals surface area (Å²) in [7, 11) is 0. The van der Waals surface area contributed by atoms with Crippen LogP contribution < -0.4 is 5.32 Å². The van der Waals surface area contributed by atoms with E-state index in [1.54, 1.807) is 6.07 Å². The van der Waals surface area contributed by atoms with Gasteiger partial charge < -0.3 is 5.32 Å². The molecule has 1 aromatic rings. The average molecular weight is 226 g/mol. The highest BCUT2D eigenvalue weighted by Crippen LogP contribution is 2.17. The Bertz CT molecular complexity index is 349. The van der Waals surface area contributed by atoms with E-state index in [0.29, 0.717) is 5.56 Å². The van der Waals surface area contributed by atoms with Crippen molar-refractivity contribution in [2.24, 2.45) is 0 Å². The van der Waals surface area contributed by atoms with Gasteiger partial charge in [-0.1, -0.05) is 13.3 Å². The molecule has 0 saturated heterocycles. The first-order valence-electron chi connectivity index (χ1n) is 5.19. The molecule has 0 aliphatic carbocycles. The number of carbonyl (C=O) groups is 1. The van der Waals surface area contributed by atoms with Gasteiger partial charge in [0.2, 0.25) is 0 Å². The molecular weight excluding hydrogens is 210 g/mol. The summed E-state index contributed by atoms with van der Waals surface area (Å²) in [5.74, 6) is 0. The van der Waals surface area contributed by atoms with Crippen LogP contribution in [0.15, 0.2) is 18.2 Å². The highest BCUT2D eigenvalue weighted by Gasteiger charge is 2.04. The van der Waals surface area contributed by atoms with E-state index in [2.05, 4.69) is 12.2 Å². The largest absolute Gasteiger partial charge is 0.385 e. The van der Waals surface area contributed by atoms with E-state index in [4.69, 9.17) is 11.6 Å². The van der Waals surface area contributed by atoms with Gasteiger partial charge in [0.05, 0.1) is 0 Å². The Morgan fingerprint density at radius 2 is 2.20 bits per heavy atom. The minimum atomic E-state index is -0.404. The van der Waals surface area contributed by atoms with Crippen LogP contribution in [0.2, 0.25) is 0 Å². The molecule has 2 nitrogen and oxygen atoms in total. The third-order valence-corrected chi connectivity index (χ3v) is 2.52. The SMILES string of the molecule is CCCCNc1ccc(C(=O)Cl)cc1C. The van der Waals surface area contributed by atoms with E-state index >= 15 is 0 Å². The van der Waals surface area contributed by atoms with Crippen molar-refractivity contribution >= 4 is 22.5 Å². The van der Waals surface area contributed by atoms with Gasteiger partial charge in [-0.15, -0.1) is 0 Å². The molecule has 15 heavy (non-hydrogen) atoms. The Labute approximate surface area is 95.6 Å². The van der Waals surface area contributed by atoms with Gasteiger partial charge in [0, 0.05) is 17.8 Å². The Hall–Kier alpha value is -1.02. The second-order valence-corrected chi connectivity index (χ2v) is 3.93. The highest BCUT2D eigenvalue weighted by atomic mass is 35.5. The van der Waals surface area contributed by atoms with E-state index in [0.717, 1.165) is 24.2 Å². The molecule has 0 amide bonds. The fraction of sp³-hybridized carbons (Fsp3) is 0.417. The van der Waals surface area contributed by atoms with E-state index in [1.807, 2.05) is 19.1 Å². The highest BCUT2D eigenvalue weighted by molar-refractivity contribution is 6.67. The third kappa shape index (κ3) is 3.56. The van der Waals surface area contributed by atoms with E-state index in [-0.39, 0.29) is 0 Å². The lowest BCUT2D eigenvalue weighted by Gasteiger charge is -2.09. The molecule has 3 heteroatoms. The zero-order chi connectivity index (χ0) is 11.3. The molecule has 82 valence electrons. The van der Waals surface area contributed by atoms with Gasteiger partial charge >= 0.3 is 0 Å². The molecule has 0 saturated carbocycles. The van der Waals surface area contributed by atoms with Crippen molar-refractivity contribution in [3.63, 3.8) is 0 Å². The fourth-order valence-corrected chi connectivity index (χ4v) is 1.50. The van der Waals surface area contributed by atoms with Crippen molar-refractivity contribution in [2.75, 3.05) is 11.9 Å². The van der Waals surface area contributed by atoms with Crippen LogP contribution in [0.1, 0.15) is 35.7 Å². The van der Waals surface area contributed by atoms with Crippen LogP contribution in [0.5, 0.6) is 0 Å². The maximum absolute atomic E-state index is 10.9. The summed E-state index contributed by atoms with van der Waals surface area (Å²) in [6, 6.07) is 5.46. The standard InChI is InChI=1S/C12H16ClNO/c1-3-4-7-14-11-6-5-10(12(13)15)8-9(11)2/h5-6,8,14H,3-4,7H2,1-2H3. The lowest BCUT2D eigenvalue weighted by atomic mass is 10.1. The van der Waals surface area contributed by atoms with Crippen molar-refractivity contribution < 1.29 is 4.79 Å². The second-order valence-electron chi connectivity index (χ2n) is 3.58. The number of aryl methyl sites for hydroxylation is 1. The smallest absolute Gasteiger partial charge is 0.252 e. The van der Waals surface area contributed by atoms with Gasteiger partial charge in [0.25, 0.3) is 5.24 Å². The van der Waals surface area contributed by atoms with Crippen LogP contribution in [0.3, 0.4) is 0 Å². The molecule has 1 N–H and O–H groups in total. The first-order valence-corrected chi connectivity index (χ1v) is 5.57. The van der Waals surface area contributed by atoms with Gasteiger partial charge in [-0.3, -0.25) is 4.79 Å². The molecule has 0 radical (unpaired) electrons. The van der Waals surface area contributed by atoms with Gasteiger partial charge in [-0.05, 0) is 48.7 Å². The molecule has 0 fully saturated rings. The summed E-state index contributed by atoms with van der Waals surface area (Å²) < 4.78 is 0. The Morgan fingerprint density at radius 3 is 2.73 bits per heavy atom. The number of halogens is 1. The lowest BCUT2D eigenvalue weighted by Crippen LogP contribution is -2.03. The number of carbonyl (C=O) groups excluding carboxylic acids is 1. The molecule has 1 aromatic carbocycles. The molecule has 0 aromatic heterocycles. The predicted octanol–water partition coefficient (Wildman–Crippen LogP) is 3.59. The van der Waals surface area contributed by atoms with Gasteiger partial charge in [-0.25, -0.2) is 0 Å². The fourth-order valence-electron chi connectivity index (χ4n) is 1.38. The van der Waals surface area contributed by atoms with Gasteiger partial charge in [-0.2, -0.15) is 0 Å². The van der Waals surface area contributed by atoms with Crippen molar-refractivity contribution in [2.45, 2.75) is 26.7 Å². The van der Waals surface area contributed by atoms with Crippen LogP contribution in [0.4, 0.5) is 5.69 Å². The van der Waals surface area contributed by atoms with Crippen LogP contribution in [-0.2, 0) is 0 Å². The number of hydrogen-bond acceptors (Lipinski definition) is 2. The maximum atomic E-state index is 10.9. The van der Waals surface area contributed by atoms with Gasteiger partial charge in [0.1, 0.15) is 0 Å². The Kier molecular flexibility index (Phi) is 4.63. The van der Waals surface area contributed by atoms with Crippen LogP contribution >= 0.6 is 11.6 Å². The quantitative estimate of drug-likeness (QED) is 0.613. The maximum Gasteiger partial charge on any atom is 0.252 e. The van der Waals surface area contributed by atoms with Crippen LogP contribution in [0, 0.1) is 6.92 Å². The molecule has 0 aliphatic rings. The first-order chi connectivity index (χ1) is 7.15. The summed E-state index contributed by atoms with van der Waals surface area (Å²) in [6.45, 7) is 5.09. The minimum absolute atomic E-state index is 0.404. The van der Waals surface area contributed by atoms with Crippen LogP contribution in [0.25, 0.3) is 0 Å². The molecule has 0 bridgehead atoms. The van der Waals surface area contributed by atoms with Crippen molar-refractivity contribution in [3.05, 3.63) is 29.3 Å². The summed E-state index contributed by atoms with van der Waals surface area (Å²) >= 11 is 5.39. The van der Waals surface area contributed by atoms with Crippen LogP contribution in [-0.4, -0.2) is 11.8 Å². The lowest BCUT2D eigenvalue weighted by molar-refractivity contribution is 0.108. The molecule has 0 atom stereocenters. The molecular formula is C12H16ClNO. The van der Waals surface area contributed by atoms with Crippen molar-refractivity contribution in [3.8, 4) is 0 Å².